The van der Waals surface area contributed by atoms with E-state index < -0.39 is 5.82 Å². The molecule has 0 aromatic heterocycles. The van der Waals surface area contributed by atoms with Crippen LogP contribution in [-0.2, 0) is 4.79 Å². The third kappa shape index (κ3) is 3.85. The molecule has 0 atom stereocenters. The highest BCUT2D eigenvalue weighted by Gasteiger charge is 2.36. The predicted molar refractivity (Wildman–Crippen MR) is 97.5 cm³/mol. The van der Waals surface area contributed by atoms with Crippen molar-refractivity contribution in [3.05, 3.63) is 71.6 Å². The van der Waals surface area contributed by atoms with Gasteiger partial charge in [0.15, 0.2) is 5.78 Å². The molecule has 128 valence electrons. The monoisotopic (exact) mass is 337 g/mol. The van der Waals surface area contributed by atoms with Gasteiger partial charge in [-0.25, -0.2) is 4.39 Å². The minimum absolute atomic E-state index is 0.173. The number of para-hydroxylation sites is 1. The lowest BCUT2D eigenvalue weighted by atomic mass is 9.73. The Labute approximate surface area is 146 Å². The van der Waals surface area contributed by atoms with Crippen LogP contribution in [-0.4, -0.2) is 16.6 Å². The van der Waals surface area contributed by atoms with Gasteiger partial charge in [0.1, 0.15) is 11.6 Å². The number of halogens is 1. The SMILES string of the molecule is CC1(C)CC(=O)/C(=C(/O)c2cccc(F)c2)C(=Nc2ccccc2)C1. The van der Waals surface area contributed by atoms with Crippen molar-refractivity contribution in [1.82, 2.24) is 0 Å². The van der Waals surface area contributed by atoms with Crippen LogP contribution in [0, 0.1) is 11.2 Å². The molecule has 0 amide bonds. The maximum Gasteiger partial charge on any atom is 0.169 e. The fourth-order valence-corrected chi connectivity index (χ4v) is 3.09. The number of hydrogen-bond donors (Lipinski definition) is 1. The minimum Gasteiger partial charge on any atom is -0.506 e. The number of allylic oxidation sites excluding steroid dienone is 1. The first kappa shape index (κ1) is 17.1. The van der Waals surface area contributed by atoms with Crippen LogP contribution < -0.4 is 0 Å². The average Bonchev–Trinajstić information content (AvgIpc) is 2.54. The lowest BCUT2D eigenvalue weighted by Crippen LogP contribution is -2.32. The molecule has 1 fully saturated rings. The molecule has 4 heteroatoms. The number of carbonyl (C=O) groups excluding carboxylic acids is 1. The van der Waals surface area contributed by atoms with Gasteiger partial charge in [-0.15, -0.1) is 0 Å². The van der Waals surface area contributed by atoms with E-state index in [2.05, 4.69) is 4.99 Å². The van der Waals surface area contributed by atoms with Crippen LogP contribution in [0.3, 0.4) is 0 Å². The topological polar surface area (TPSA) is 49.7 Å². The van der Waals surface area contributed by atoms with Crippen molar-refractivity contribution in [1.29, 1.82) is 0 Å². The third-order valence-electron chi connectivity index (χ3n) is 4.21. The summed E-state index contributed by atoms with van der Waals surface area (Å²) >= 11 is 0. The number of carbonyl (C=O) groups is 1. The Morgan fingerprint density at radius 2 is 1.80 bits per heavy atom. The zero-order valence-corrected chi connectivity index (χ0v) is 14.3. The van der Waals surface area contributed by atoms with E-state index in [-0.39, 0.29) is 28.1 Å². The Balaban J connectivity index is 2.15. The molecular weight excluding hydrogens is 317 g/mol. The number of rotatable bonds is 2. The number of ketones is 1. The molecule has 0 spiro atoms. The van der Waals surface area contributed by atoms with E-state index in [1.807, 2.05) is 44.2 Å². The van der Waals surface area contributed by atoms with Crippen molar-refractivity contribution in [2.45, 2.75) is 26.7 Å². The first-order valence-corrected chi connectivity index (χ1v) is 8.21. The van der Waals surface area contributed by atoms with Gasteiger partial charge in [-0.3, -0.25) is 9.79 Å². The average molecular weight is 337 g/mol. The lowest BCUT2D eigenvalue weighted by molar-refractivity contribution is -0.117. The number of Topliss-reactive ketones (excluding diaryl/α,β-unsaturated/α-hetero) is 1. The molecule has 1 N–H and O–H groups in total. The Morgan fingerprint density at radius 1 is 1.08 bits per heavy atom. The summed E-state index contributed by atoms with van der Waals surface area (Å²) in [5.74, 6) is -0.850. The molecule has 25 heavy (non-hydrogen) atoms. The van der Waals surface area contributed by atoms with Gasteiger partial charge in [-0.05, 0) is 36.1 Å². The third-order valence-corrected chi connectivity index (χ3v) is 4.21. The maximum absolute atomic E-state index is 13.5. The summed E-state index contributed by atoms with van der Waals surface area (Å²) in [5, 5.41) is 10.7. The van der Waals surface area contributed by atoms with Crippen molar-refractivity contribution >= 4 is 22.9 Å². The summed E-state index contributed by atoms with van der Waals surface area (Å²) in [7, 11) is 0. The molecular formula is C21H20FNO2. The molecule has 1 aliphatic rings. The zero-order chi connectivity index (χ0) is 18.0. The summed E-state index contributed by atoms with van der Waals surface area (Å²) in [6.07, 6.45) is 0.873. The molecule has 0 saturated heterocycles. The molecule has 1 aliphatic carbocycles. The van der Waals surface area contributed by atoms with Crippen LogP contribution in [0.1, 0.15) is 32.3 Å². The van der Waals surface area contributed by atoms with E-state index in [0.717, 1.165) is 0 Å². The summed E-state index contributed by atoms with van der Waals surface area (Å²) in [6, 6.07) is 14.9. The van der Waals surface area contributed by atoms with E-state index in [4.69, 9.17) is 0 Å². The largest absolute Gasteiger partial charge is 0.506 e. The Morgan fingerprint density at radius 3 is 2.48 bits per heavy atom. The van der Waals surface area contributed by atoms with Crippen LogP contribution in [0.5, 0.6) is 0 Å². The van der Waals surface area contributed by atoms with Gasteiger partial charge in [0, 0.05) is 12.0 Å². The van der Waals surface area contributed by atoms with E-state index in [1.165, 1.54) is 18.2 Å². The Kier molecular flexibility index (Phi) is 4.53. The second-order valence-corrected chi connectivity index (χ2v) is 7.07. The van der Waals surface area contributed by atoms with Crippen LogP contribution in [0.4, 0.5) is 10.1 Å². The number of aliphatic hydroxyl groups excluding tert-OH is 1. The summed E-state index contributed by atoms with van der Waals surface area (Å²) in [6.45, 7) is 4.00. The van der Waals surface area contributed by atoms with E-state index >= 15 is 0 Å². The quantitative estimate of drug-likeness (QED) is 0.600. The smallest absolute Gasteiger partial charge is 0.169 e. The van der Waals surface area contributed by atoms with Crippen LogP contribution in [0.2, 0.25) is 0 Å². The molecule has 0 unspecified atom stereocenters. The van der Waals surface area contributed by atoms with Gasteiger partial charge in [-0.1, -0.05) is 44.2 Å². The van der Waals surface area contributed by atoms with Crippen molar-refractivity contribution in [3.63, 3.8) is 0 Å². The second kappa shape index (κ2) is 6.63. The molecule has 0 bridgehead atoms. The number of nitrogens with zero attached hydrogens (tertiary/aromatic N) is 1. The number of aliphatic imine (C=N–C) groups is 1. The second-order valence-electron chi connectivity index (χ2n) is 7.07. The predicted octanol–water partition coefficient (Wildman–Crippen LogP) is 5.26. The molecule has 3 rings (SSSR count). The molecule has 3 nitrogen and oxygen atoms in total. The Bertz CT molecular complexity index is 866. The summed E-state index contributed by atoms with van der Waals surface area (Å²) in [5.41, 5.74) is 1.48. The van der Waals surface area contributed by atoms with Crippen LogP contribution >= 0.6 is 0 Å². The zero-order valence-electron chi connectivity index (χ0n) is 14.3. The fraction of sp³-hybridized carbons (Fsp3) is 0.238. The van der Waals surface area contributed by atoms with E-state index in [1.54, 1.807) is 6.07 Å². The van der Waals surface area contributed by atoms with Gasteiger partial charge in [0.2, 0.25) is 0 Å². The number of hydrogen-bond acceptors (Lipinski definition) is 3. The van der Waals surface area contributed by atoms with Gasteiger partial charge in [0.05, 0.1) is 17.0 Å². The van der Waals surface area contributed by atoms with Gasteiger partial charge >= 0.3 is 0 Å². The van der Waals surface area contributed by atoms with Crippen LogP contribution in [0.15, 0.2) is 65.2 Å². The fourth-order valence-electron chi connectivity index (χ4n) is 3.09. The van der Waals surface area contributed by atoms with E-state index in [0.29, 0.717) is 24.2 Å². The maximum atomic E-state index is 13.5. The molecule has 1 saturated carbocycles. The van der Waals surface area contributed by atoms with Crippen molar-refractivity contribution in [3.8, 4) is 0 Å². The highest BCUT2D eigenvalue weighted by atomic mass is 19.1. The lowest BCUT2D eigenvalue weighted by Gasteiger charge is -2.31. The van der Waals surface area contributed by atoms with Crippen LogP contribution in [0.25, 0.3) is 5.76 Å². The highest BCUT2D eigenvalue weighted by molar-refractivity contribution is 6.28. The first-order chi connectivity index (χ1) is 11.9. The standard InChI is InChI=1S/C21H20FNO2/c1-21(2)12-17(23-16-9-4-3-5-10-16)19(18(24)13-21)20(25)14-7-6-8-15(22)11-14/h3-11,25H,12-13H2,1-2H3/b20-19+,23-17?. The molecule has 0 heterocycles. The normalized spacial score (nSPS) is 20.6. The van der Waals surface area contributed by atoms with Gasteiger partial charge in [0.25, 0.3) is 0 Å². The molecule has 0 radical (unpaired) electrons. The van der Waals surface area contributed by atoms with Crippen molar-refractivity contribution in [2.75, 3.05) is 0 Å². The first-order valence-electron chi connectivity index (χ1n) is 8.21. The van der Waals surface area contributed by atoms with Gasteiger partial charge in [-0.2, -0.15) is 0 Å². The minimum atomic E-state index is -0.463. The Hall–Kier alpha value is -2.75. The van der Waals surface area contributed by atoms with E-state index in [9.17, 15) is 14.3 Å². The van der Waals surface area contributed by atoms with Gasteiger partial charge < -0.3 is 5.11 Å². The molecule has 2 aromatic carbocycles. The van der Waals surface area contributed by atoms with Crippen molar-refractivity contribution < 1.29 is 14.3 Å². The molecule has 2 aromatic rings. The summed E-state index contributed by atoms with van der Waals surface area (Å²) < 4.78 is 13.5. The van der Waals surface area contributed by atoms with Crippen molar-refractivity contribution in [2.24, 2.45) is 10.4 Å². The molecule has 0 aliphatic heterocycles. The number of aliphatic hydroxyl groups is 1. The summed E-state index contributed by atoms with van der Waals surface area (Å²) in [4.78, 5) is 17.3. The highest BCUT2D eigenvalue weighted by Crippen LogP contribution is 2.37. The number of benzene rings is 2.